The molecule has 4 aromatic rings. The Labute approximate surface area is 153 Å². The summed E-state index contributed by atoms with van der Waals surface area (Å²) in [5, 5.41) is 4.16. The number of fused-ring (bicyclic) bond motifs is 2. The van der Waals surface area contributed by atoms with E-state index >= 15 is 0 Å². The van der Waals surface area contributed by atoms with Crippen LogP contribution in [0.15, 0.2) is 54.9 Å². The molecule has 0 unspecified atom stereocenters. The highest BCUT2D eigenvalue weighted by Crippen LogP contribution is 2.38. The van der Waals surface area contributed by atoms with Gasteiger partial charge in [-0.15, -0.1) is 0 Å². The Morgan fingerprint density at radius 1 is 0.778 bits per heavy atom. The molecule has 0 spiro atoms. The average Bonchev–Trinajstić information content (AvgIpc) is 3.36. The van der Waals surface area contributed by atoms with Crippen molar-refractivity contribution in [3.05, 3.63) is 66.0 Å². The molecule has 1 aliphatic rings. The summed E-state index contributed by atoms with van der Waals surface area (Å²) in [6, 6.07) is 13.3. The third-order valence-corrected chi connectivity index (χ3v) is 4.96. The van der Waals surface area contributed by atoms with E-state index in [9.17, 15) is 9.59 Å². The Morgan fingerprint density at radius 2 is 1.44 bits per heavy atom. The zero-order valence-corrected chi connectivity index (χ0v) is 14.4. The Morgan fingerprint density at radius 3 is 2.22 bits per heavy atom. The normalized spacial score (nSPS) is 14.4. The summed E-state index contributed by atoms with van der Waals surface area (Å²) in [4.78, 5) is 31.7. The van der Waals surface area contributed by atoms with Gasteiger partial charge >= 0.3 is 0 Å². The molecular formula is C21H15N3O3. The van der Waals surface area contributed by atoms with Crippen LogP contribution in [-0.4, -0.2) is 28.9 Å². The van der Waals surface area contributed by atoms with Gasteiger partial charge in [-0.25, -0.2) is 0 Å². The first-order valence-corrected chi connectivity index (χ1v) is 8.50. The molecule has 2 aromatic carbocycles. The van der Waals surface area contributed by atoms with E-state index in [1.54, 1.807) is 19.5 Å². The van der Waals surface area contributed by atoms with Crippen molar-refractivity contribution in [3.8, 4) is 5.75 Å². The molecule has 0 radical (unpaired) electrons. The van der Waals surface area contributed by atoms with E-state index in [0.29, 0.717) is 28.0 Å². The van der Waals surface area contributed by atoms with Gasteiger partial charge in [-0.3, -0.25) is 14.9 Å². The van der Waals surface area contributed by atoms with Crippen LogP contribution in [0.4, 0.5) is 0 Å². The number of para-hydroxylation sites is 2. The van der Waals surface area contributed by atoms with E-state index in [-0.39, 0.29) is 0 Å². The van der Waals surface area contributed by atoms with Crippen LogP contribution in [0.25, 0.3) is 33.0 Å². The molecule has 1 aliphatic heterocycles. The number of ether oxygens (including phenoxy) is 1. The summed E-state index contributed by atoms with van der Waals surface area (Å²) in [5.74, 6) is -0.112. The molecule has 0 bridgehead atoms. The number of nitrogens with one attached hydrogen (secondary N) is 3. The summed E-state index contributed by atoms with van der Waals surface area (Å²) in [5.41, 5.74) is 3.82. The second kappa shape index (κ2) is 5.60. The minimum atomic E-state index is -0.399. The molecule has 27 heavy (non-hydrogen) atoms. The molecule has 0 saturated heterocycles. The summed E-state index contributed by atoms with van der Waals surface area (Å²) >= 11 is 0. The molecule has 6 nitrogen and oxygen atoms in total. The summed E-state index contributed by atoms with van der Waals surface area (Å²) < 4.78 is 5.39. The van der Waals surface area contributed by atoms with Crippen LogP contribution in [0.3, 0.4) is 0 Å². The maximum Gasteiger partial charge on any atom is 0.259 e. The number of carbonyl (C=O) groups is 2. The predicted molar refractivity (Wildman–Crippen MR) is 103 cm³/mol. The van der Waals surface area contributed by atoms with Gasteiger partial charge in [0, 0.05) is 39.8 Å². The van der Waals surface area contributed by atoms with E-state index in [2.05, 4.69) is 15.3 Å². The second-order valence-electron chi connectivity index (χ2n) is 6.37. The van der Waals surface area contributed by atoms with Crippen LogP contribution < -0.4 is 10.1 Å². The lowest BCUT2D eigenvalue weighted by Gasteiger charge is -2.04. The Hall–Kier alpha value is -3.80. The number of carbonyl (C=O) groups excluding carboxylic acids is 2. The number of H-pyrrole nitrogens is 2. The molecule has 0 aliphatic carbocycles. The van der Waals surface area contributed by atoms with Gasteiger partial charge in [0.1, 0.15) is 5.75 Å². The number of benzene rings is 2. The molecular weight excluding hydrogens is 342 g/mol. The van der Waals surface area contributed by atoms with E-state index in [1.807, 2.05) is 42.5 Å². The first kappa shape index (κ1) is 15.5. The maximum absolute atomic E-state index is 12.7. The van der Waals surface area contributed by atoms with Crippen molar-refractivity contribution in [2.24, 2.45) is 0 Å². The van der Waals surface area contributed by atoms with Crippen LogP contribution in [-0.2, 0) is 9.59 Å². The second-order valence-corrected chi connectivity index (χ2v) is 6.37. The maximum atomic E-state index is 12.7. The van der Waals surface area contributed by atoms with Crippen molar-refractivity contribution < 1.29 is 14.3 Å². The van der Waals surface area contributed by atoms with Crippen molar-refractivity contribution in [2.75, 3.05) is 7.11 Å². The van der Waals surface area contributed by atoms with Gasteiger partial charge in [-0.1, -0.05) is 30.3 Å². The van der Waals surface area contributed by atoms with Crippen LogP contribution in [0.5, 0.6) is 5.75 Å². The highest BCUT2D eigenvalue weighted by Gasteiger charge is 2.34. The Bertz CT molecular complexity index is 1280. The van der Waals surface area contributed by atoms with Crippen molar-refractivity contribution in [1.82, 2.24) is 15.3 Å². The van der Waals surface area contributed by atoms with Gasteiger partial charge in [0.05, 0.1) is 23.8 Å². The van der Waals surface area contributed by atoms with Crippen LogP contribution in [0.2, 0.25) is 0 Å². The number of rotatable bonds is 3. The number of hydrogen-bond acceptors (Lipinski definition) is 3. The minimum absolute atomic E-state index is 0.365. The predicted octanol–water partition coefficient (Wildman–Crippen LogP) is 3.23. The van der Waals surface area contributed by atoms with E-state index in [0.717, 1.165) is 21.8 Å². The SMILES string of the molecule is COc1cccc2c(C3=C(c4c[nH]c5ccccc45)C(=O)NC3=O)c[nH]c12. The quantitative estimate of drug-likeness (QED) is 0.492. The molecule has 6 heteroatoms. The first-order chi connectivity index (χ1) is 13.2. The van der Waals surface area contributed by atoms with E-state index < -0.39 is 11.8 Å². The number of methoxy groups -OCH3 is 1. The third-order valence-electron chi connectivity index (χ3n) is 4.96. The number of aromatic nitrogens is 2. The highest BCUT2D eigenvalue weighted by molar-refractivity contribution is 6.50. The summed E-state index contributed by atoms with van der Waals surface area (Å²) in [7, 11) is 1.59. The van der Waals surface area contributed by atoms with E-state index in [1.165, 1.54) is 0 Å². The van der Waals surface area contributed by atoms with Crippen molar-refractivity contribution in [1.29, 1.82) is 0 Å². The Balaban J connectivity index is 1.83. The molecule has 5 rings (SSSR count). The number of hydrogen-bond donors (Lipinski definition) is 3. The van der Waals surface area contributed by atoms with Crippen molar-refractivity contribution in [3.63, 3.8) is 0 Å². The lowest BCUT2D eigenvalue weighted by Crippen LogP contribution is -2.22. The topological polar surface area (TPSA) is 87.0 Å². The highest BCUT2D eigenvalue weighted by atomic mass is 16.5. The minimum Gasteiger partial charge on any atom is -0.495 e. The third kappa shape index (κ3) is 2.13. The molecule has 2 amide bonds. The van der Waals surface area contributed by atoms with Gasteiger partial charge < -0.3 is 14.7 Å². The number of aromatic amines is 2. The fourth-order valence-corrected chi connectivity index (χ4v) is 3.75. The van der Waals surface area contributed by atoms with Crippen LogP contribution in [0.1, 0.15) is 11.1 Å². The number of amides is 2. The van der Waals surface area contributed by atoms with E-state index in [4.69, 9.17) is 4.74 Å². The van der Waals surface area contributed by atoms with Gasteiger partial charge in [0.2, 0.25) is 0 Å². The van der Waals surface area contributed by atoms with Crippen molar-refractivity contribution in [2.45, 2.75) is 0 Å². The molecule has 0 atom stereocenters. The summed E-state index contributed by atoms with van der Waals surface area (Å²) in [6.07, 6.45) is 3.52. The Kier molecular flexibility index (Phi) is 3.21. The molecule has 3 N–H and O–H groups in total. The van der Waals surface area contributed by atoms with Gasteiger partial charge in [-0.2, -0.15) is 0 Å². The standard InChI is InChI=1S/C21H15N3O3/c1-27-16-8-4-6-12-14(10-23-19(12)16)18-17(20(25)24-21(18)26)13-9-22-15-7-3-2-5-11(13)15/h2-10,22-23H,1H3,(H,24,25,26). The molecule has 132 valence electrons. The van der Waals surface area contributed by atoms with Gasteiger partial charge in [-0.05, 0) is 12.1 Å². The lowest BCUT2D eigenvalue weighted by molar-refractivity contribution is -0.122. The van der Waals surface area contributed by atoms with Crippen LogP contribution >= 0.6 is 0 Å². The molecule has 2 aromatic heterocycles. The zero-order chi connectivity index (χ0) is 18.5. The largest absolute Gasteiger partial charge is 0.495 e. The van der Waals surface area contributed by atoms with Crippen molar-refractivity contribution >= 4 is 44.8 Å². The van der Waals surface area contributed by atoms with Gasteiger partial charge in [0.15, 0.2) is 0 Å². The number of imide groups is 1. The lowest BCUT2D eigenvalue weighted by atomic mass is 9.95. The molecule has 3 heterocycles. The fourth-order valence-electron chi connectivity index (χ4n) is 3.75. The first-order valence-electron chi connectivity index (χ1n) is 8.50. The zero-order valence-electron chi connectivity index (χ0n) is 14.4. The van der Waals surface area contributed by atoms with Crippen LogP contribution in [0, 0.1) is 0 Å². The summed E-state index contributed by atoms with van der Waals surface area (Å²) in [6.45, 7) is 0. The molecule has 0 fully saturated rings. The monoisotopic (exact) mass is 357 g/mol. The fraction of sp³-hybridized carbons (Fsp3) is 0.0476. The molecule has 0 saturated carbocycles. The smallest absolute Gasteiger partial charge is 0.259 e. The average molecular weight is 357 g/mol. The van der Waals surface area contributed by atoms with Gasteiger partial charge in [0.25, 0.3) is 11.8 Å².